The van der Waals surface area contributed by atoms with Gasteiger partial charge in [-0.15, -0.1) is 0 Å². The smallest absolute Gasteiger partial charge is 0.0710 e. The summed E-state index contributed by atoms with van der Waals surface area (Å²) >= 11 is 0. The summed E-state index contributed by atoms with van der Waals surface area (Å²) in [5.74, 6) is 0.759. The van der Waals surface area contributed by atoms with E-state index in [2.05, 4.69) is 37.9 Å². The standard InChI is InChI=1S/C16H32N2O/c1-5-9-17-15-7-10-18(11-13(15)2)12-14-6-8-16(3,4)19-14/h13-15,17H,5-12H2,1-4H3. The molecular formula is C16H32N2O. The van der Waals surface area contributed by atoms with Crippen LogP contribution in [0, 0.1) is 5.92 Å². The van der Waals surface area contributed by atoms with Gasteiger partial charge in [0.05, 0.1) is 11.7 Å². The van der Waals surface area contributed by atoms with Crippen LogP contribution in [0.5, 0.6) is 0 Å². The average molecular weight is 268 g/mol. The minimum atomic E-state index is 0.108. The molecule has 2 aliphatic heterocycles. The Labute approximate surface area is 119 Å². The van der Waals surface area contributed by atoms with E-state index in [0.717, 1.165) is 25.0 Å². The minimum Gasteiger partial charge on any atom is -0.371 e. The maximum atomic E-state index is 6.12. The first kappa shape index (κ1) is 15.3. The van der Waals surface area contributed by atoms with Crippen LogP contribution < -0.4 is 5.32 Å². The molecule has 0 amide bonds. The van der Waals surface area contributed by atoms with Gasteiger partial charge in [0.1, 0.15) is 0 Å². The van der Waals surface area contributed by atoms with Gasteiger partial charge in [-0.25, -0.2) is 0 Å². The van der Waals surface area contributed by atoms with Gasteiger partial charge in [0.2, 0.25) is 0 Å². The first-order valence-electron chi connectivity index (χ1n) is 8.14. The van der Waals surface area contributed by atoms with Gasteiger partial charge in [0.25, 0.3) is 0 Å². The fourth-order valence-electron chi connectivity index (χ4n) is 3.52. The van der Waals surface area contributed by atoms with Crippen LogP contribution in [0.4, 0.5) is 0 Å². The normalized spacial score (nSPS) is 35.7. The van der Waals surface area contributed by atoms with Crippen molar-refractivity contribution in [3.8, 4) is 0 Å². The summed E-state index contributed by atoms with van der Waals surface area (Å²) in [4.78, 5) is 2.61. The molecule has 3 unspecified atom stereocenters. The van der Waals surface area contributed by atoms with Gasteiger partial charge in [-0.2, -0.15) is 0 Å². The van der Waals surface area contributed by atoms with E-state index in [1.165, 1.54) is 38.8 Å². The van der Waals surface area contributed by atoms with E-state index >= 15 is 0 Å². The summed E-state index contributed by atoms with van der Waals surface area (Å²) in [6.07, 6.45) is 5.43. The van der Waals surface area contributed by atoms with E-state index in [4.69, 9.17) is 4.74 Å². The quantitative estimate of drug-likeness (QED) is 0.829. The summed E-state index contributed by atoms with van der Waals surface area (Å²) in [6.45, 7) is 13.8. The van der Waals surface area contributed by atoms with E-state index in [-0.39, 0.29) is 5.60 Å². The van der Waals surface area contributed by atoms with E-state index in [1.54, 1.807) is 0 Å². The van der Waals surface area contributed by atoms with E-state index in [1.807, 2.05) is 0 Å². The number of ether oxygens (including phenoxy) is 1. The Balaban J connectivity index is 1.73. The molecule has 0 aromatic carbocycles. The molecule has 2 aliphatic rings. The predicted octanol–water partition coefficient (Wildman–Crippen LogP) is 2.65. The van der Waals surface area contributed by atoms with E-state index < -0.39 is 0 Å². The molecule has 3 nitrogen and oxygen atoms in total. The van der Waals surface area contributed by atoms with Crippen LogP contribution in [0.1, 0.15) is 53.4 Å². The molecule has 0 bridgehead atoms. The molecular weight excluding hydrogens is 236 g/mol. The number of rotatable bonds is 5. The number of nitrogens with zero attached hydrogens (tertiary/aromatic N) is 1. The molecule has 2 heterocycles. The van der Waals surface area contributed by atoms with Crippen LogP contribution in [-0.4, -0.2) is 48.8 Å². The van der Waals surface area contributed by atoms with Gasteiger partial charge in [0.15, 0.2) is 0 Å². The van der Waals surface area contributed by atoms with E-state index in [0.29, 0.717) is 6.10 Å². The zero-order valence-electron chi connectivity index (χ0n) is 13.2. The van der Waals surface area contributed by atoms with Crippen LogP contribution in [0.2, 0.25) is 0 Å². The lowest BCUT2D eigenvalue weighted by atomic mass is 9.93. The van der Waals surface area contributed by atoms with Gasteiger partial charge in [-0.05, 0) is 58.5 Å². The van der Waals surface area contributed by atoms with Crippen molar-refractivity contribution in [3.63, 3.8) is 0 Å². The molecule has 3 atom stereocenters. The lowest BCUT2D eigenvalue weighted by molar-refractivity contribution is -0.0339. The molecule has 0 aromatic heterocycles. The van der Waals surface area contributed by atoms with Crippen molar-refractivity contribution in [2.45, 2.75) is 71.1 Å². The third-order valence-corrected chi connectivity index (χ3v) is 4.66. The summed E-state index contributed by atoms with van der Waals surface area (Å²) in [5.41, 5.74) is 0.108. The summed E-state index contributed by atoms with van der Waals surface area (Å²) < 4.78 is 6.12. The van der Waals surface area contributed by atoms with Crippen LogP contribution >= 0.6 is 0 Å². The third-order valence-electron chi connectivity index (χ3n) is 4.66. The van der Waals surface area contributed by atoms with E-state index in [9.17, 15) is 0 Å². The highest BCUT2D eigenvalue weighted by Crippen LogP contribution is 2.30. The maximum Gasteiger partial charge on any atom is 0.0710 e. The van der Waals surface area contributed by atoms with Gasteiger partial charge in [-0.3, -0.25) is 0 Å². The molecule has 3 heteroatoms. The SMILES string of the molecule is CCCNC1CCN(CC2CCC(C)(C)O2)CC1C. The summed E-state index contributed by atoms with van der Waals surface area (Å²) in [6, 6.07) is 0.720. The third kappa shape index (κ3) is 4.44. The van der Waals surface area contributed by atoms with Crippen molar-refractivity contribution >= 4 is 0 Å². The Morgan fingerprint density at radius 2 is 2.11 bits per heavy atom. The van der Waals surface area contributed by atoms with Crippen LogP contribution in [0.15, 0.2) is 0 Å². The molecule has 112 valence electrons. The van der Waals surface area contributed by atoms with Crippen molar-refractivity contribution in [1.82, 2.24) is 10.2 Å². The zero-order chi connectivity index (χ0) is 13.9. The molecule has 19 heavy (non-hydrogen) atoms. The second kappa shape index (κ2) is 6.55. The number of hydrogen-bond acceptors (Lipinski definition) is 3. The van der Waals surface area contributed by atoms with Crippen molar-refractivity contribution in [2.75, 3.05) is 26.2 Å². The average Bonchev–Trinajstić information content (AvgIpc) is 2.68. The molecule has 0 spiro atoms. The molecule has 1 N–H and O–H groups in total. The highest BCUT2D eigenvalue weighted by molar-refractivity contribution is 4.87. The van der Waals surface area contributed by atoms with Crippen molar-refractivity contribution in [1.29, 1.82) is 0 Å². The molecule has 0 saturated carbocycles. The lowest BCUT2D eigenvalue weighted by Gasteiger charge is -2.38. The summed E-state index contributed by atoms with van der Waals surface area (Å²) in [7, 11) is 0. The largest absolute Gasteiger partial charge is 0.371 e. The Hall–Kier alpha value is -0.120. The molecule has 0 radical (unpaired) electrons. The Morgan fingerprint density at radius 1 is 1.32 bits per heavy atom. The van der Waals surface area contributed by atoms with Crippen LogP contribution in [-0.2, 0) is 4.74 Å². The topological polar surface area (TPSA) is 24.5 Å². The highest BCUT2D eigenvalue weighted by Gasteiger charge is 2.34. The second-order valence-corrected chi connectivity index (χ2v) is 7.12. The minimum absolute atomic E-state index is 0.108. The van der Waals surface area contributed by atoms with Crippen molar-refractivity contribution in [2.24, 2.45) is 5.92 Å². The van der Waals surface area contributed by atoms with Crippen LogP contribution in [0.3, 0.4) is 0 Å². The molecule has 0 aromatic rings. The number of likely N-dealkylation sites (tertiary alicyclic amines) is 1. The summed E-state index contributed by atoms with van der Waals surface area (Å²) in [5, 5.41) is 3.69. The fourth-order valence-corrected chi connectivity index (χ4v) is 3.52. The highest BCUT2D eigenvalue weighted by atomic mass is 16.5. The Morgan fingerprint density at radius 3 is 2.68 bits per heavy atom. The van der Waals surface area contributed by atoms with Crippen molar-refractivity contribution in [3.05, 3.63) is 0 Å². The van der Waals surface area contributed by atoms with Crippen LogP contribution in [0.25, 0.3) is 0 Å². The molecule has 0 aliphatic carbocycles. The first-order valence-corrected chi connectivity index (χ1v) is 8.14. The zero-order valence-corrected chi connectivity index (χ0v) is 13.2. The van der Waals surface area contributed by atoms with Gasteiger partial charge < -0.3 is 15.0 Å². The molecule has 2 fully saturated rings. The van der Waals surface area contributed by atoms with Gasteiger partial charge in [0, 0.05) is 19.1 Å². The van der Waals surface area contributed by atoms with Gasteiger partial charge >= 0.3 is 0 Å². The number of nitrogens with one attached hydrogen (secondary N) is 1. The second-order valence-electron chi connectivity index (χ2n) is 7.12. The Bertz CT molecular complexity index is 280. The number of piperidine rings is 1. The lowest BCUT2D eigenvalue weighted by Crippen LogP contribution is -2.50. The fraction of sp³-hybridized carbons (Fsp3) is 1.00. The number of hydrogen-bond donors (Lipinski definition) is 1. The van der Waals surface area contributed by atoms with Gasteiger partial charge in [-0.1, -0.05) is 13.8 Å². The monoisotopic (exact) mass is 268 g/mol. The Kier molecular flexibility index (Phi) is 5.27. The maximum absolute atomic E-state index is 6.12. The van der Waals surface area contributed by atoms with Crippen molar-refractivity contribution < 1.29 is 4.74 Å². The molecule has 2 rings (SSSR count). The molecule has 2 saturated heterocycles. The first-order chi connectivity index (χ1) is 9.00. The predicted molar refractivity (Wildman–Crippen MR) is 80.5 cm³/mol.